The summed E-state index contributed by atoms with van der Waals surface area (Å²) in [7, 11) is 0. The quantitative estimate of drug-likeness (QED) is 0.105. The van der Waals surface area contributed by atoms with Gasteiger partial charge in [-0.15, -0.1) is 0 Å². The topological polar surface area (TPSA) is 104 Å². The summed E-state index contributed by atoms with van der Waals surface area (Å²) in [6.45, 7) is 8.78. The fraction of sp³-hybridized carbons (Fsp3) is 0.346. The number of hydrogen-bond donors (Lipinski definition) is 2. The van der Waals surface area contributed by atoms with Gasteiger partial charge in [0.2, 0.25) is 11.8 Å². The molecule has 2 aliphatic rings. The number of H-pyrrole nitrogens is 2. The van der Waals surface area contributed by atoms with E-state index in [9.17, 15) is 9.59 Å². The number of nitrogens with zero attached hydrogens (tertiary/aromatic N) is 6. The first-order chi connectivity index (χ1) is 31.8. The Bertz CT molecular complexity index is 2820. The lowest BCUT2D eigenvalue weighted by molar-refractivity contribution is -0.140. The normalized spacial score (nSPS) is 19.1. The number of alkyl halides is 4. The van der Waals surface area contributed by atoms with E-state index in [0.29, 0.717) is 54.6 Å². The van der Waals surface area contributed by atoms with Gasteiger partial charge in [-0.3, -0.25) is 19.4 Å². The highest BCUT2D eigenvalue weighted by Crippen LogP contribution is 2.45. The Morgan fingerprint density at radius 3 is 1.67 bits per heavy atom. The van der Waals surface area contributed by atoms with Gasteiger partial charge in [-0.05, 0) is 71.5 Å². The van der Waals surface area contributed by atoms with E-state index in [-0.39, 0.29) is 11.8 Å². The molecular formula is C52H54F4N8O2. The van der Waals surface area contributed by atoms with Crippen molar-refractivity contribution < 1.29 is 27.2 Å². The van der Waals surface area contributed by atoms with E-state index in [2.05, 4.69) is 15.0 Å². The van der Waals surface area contributed by atoms with E-state index in [1.165, 1.54) is 9.80 Å². The van der Waals surface area contributed by atoms with E-state index in [1.807, 2.05) is 153 Å². The molecule has 4 heterocycles. The molecule has 0 saturated carbocycles. The van der Waals surface area contributed by atoms with Crippen molar-refractivity contribution >= 4 is 33.6 Å². The van der Waals surface area contributed by atoms with E-state index < -0.39 is 61.9 Å². The number of imidazole rings is 2. The highest BCUT2D eigenvalue weighted by Gasteiger charge is 2.52. The average Bonchev–Trinajstić information content (AvgIpc) is 4.14. The third-order valence-electron chi connectivity index (χ3n) is 13.4. The predicted octanol–water partition coefficient (Wildman–Crippen LogP) is 10.8. The first kappa shape index (κ1) is 44.8. The molecule has 2 saturated heterocycles. The maximum Gasteiger partial charge on any atom is 0.267 e. The molecule has 2 amide bonds. The zero-order chi connectivity index (χ0) is 46.3. The van der Waals surface area contributed by atoms with Crippen LogP contribution >= 0.6 is 0 Å². The number of aromatic nitrogens is 4. The van der Waals surface area contributed by atoms with Gasteiger partial charge >= 0.3 is 0 Å². The number of fused-ring (bicyclic) bond motifs is 3. The van der Waals surface area contributed by atoms with Crippen molar-refractivity contribution in [3.63, 3.8) is 0 Å². The fourth-order valence-electron chi connectivity index (χ4n) is 10.0. The summed E-state index contributed by atoms with van der Waals surface area (Å²) < 4.78 is 61.0. The molecular weight excluding hydrogens is 845 g/mol. The Morgan fingerprint density at radius 2 is 1.14 bits per heavy atom. The molecule has 5 aromatic carbocycles. The number of carbonyl (C=O) groups is 2. The maximum atomic E-state index is 15.3. The minimum Gasteiger partial charge on any atom is -0.340 e. The van der Waals surface area contributed by atoms with Gasteiger partial charge in [-0.1, -0.05) is 131 Å². The minimum absolute atomic E-state index is 0.310. The lowest BCUT2D eigenvalue weighted by Crippen LogP contribution is -2.43. The molecule has 2 aromatic heterocycles. The van der Waals surface area contributed by atoms with Crippen LogP contribution in [0.3, 0.4) is 0 Å². The van der Waals surface area contributed by atoms with Crippen LogP contribution in [-0.4, -0.2) is 102 Å². The SMILES string of the molecule is CCN(CC)[C@@H](C(=O)N1CC(F)(F)C[C@H]1c1ncc(-c2ccc(-c3ccc4c(ccc5[nH]c([C@@H]6CC(F)(F)CN6C(=O)[C@@H](c6ccccc6)N(CC)CC)nc54)c3)cc2)[nH]1)c1ccccc1. The summed E-state index contributed by atoms with van der Waals surface area (Å²) in [6, 6.07) is 33.0. The Balaban J connectivity index is 0.951. The van der Waals surface area contributed by atoms with Crippen molar-refractivity contribution in [1.29, 1.82) is 0 Å². The lowest BCUT2D eigenvalue weighted by Gasteiger charge is -2.34. The summed E-state index contributed by atoms with van der Waals surface area (Å²) in [4.78, 5) is 51.2. The molecule has 0 radical (unpaired) electrons. The molecule has 4 atom stereocenters. The molecule has 0 bridgehead atoms. The number of amides is 2. The monoisotopic (exact) mass is 898 g/mol. The zero-order valence-electron chi connectivity index (χ0n) is 37.5. The molecule has 0 unspecified atom stereocenters. The summed E-state index contributed by atoms with van der Waals surface area (Å²) in [5.41, 5.74) is 6.15. The van der Waals surface area contributed by atoms with Crippen LogP contribution in [0.25, 0.3) is 44.2 Å². The number of carbonyl (C=O) groups excluding carboxylic acids is 2. The molecule has 2 aliphatic heterocycles. The van der Waals surface area contributed by atoms with Gasteiger partial charge in [-0.25, -0.2) is 27.5 Å². The van der Waals surface area contributed by atoms with E-state index >= 15 is 17.6 Å². The molecule has 2 fully saturated rings. The summed E-state index contributed by atoms with van der Waals surface area (Å²) >= 11 is 0. The molecule has 342 valence electrons. The van der Waals surface area contributed by atoms with Crippen LogP contribution in [0.4, 0.5) is 17.6 Å². The number of nitrogens with one attached hydrogen (secondary N) is 2. The molecule has 0 spiro atoms. The standard InChI is InChI=1S/C52H54F4N8O2/c1-5-61(6-2)45(35-15-11-9-12-16-35)49(65)63-31-51(53,54)28-42(63)47-57-30-41(59-47)34-21-19-33(20-22-34)37-23-25-39-38(27-37)24-26-40-44(39)60-48(58-40)43-29-52(55,56)32-64(43)50(66)46(62(7-3)8-4)36-17-13-10-14-18-36/h9-27,30,42-43,45-46H,5-8,28-29,31-32H2,1-4H3,(H,57,59)(H,58,60)/t42-,43-,45+,46+/m0/s1. The maximum absolute atomic E-state index is 15.3. The van der Waals surface area contributed by atoms with E-state index in [0.717, 1.165) is 38.6 Å². The van der Waals surface area contributed by atoms with Crippen LogP contribution in [0, 0.1) is 0 Å². The van der Waals surface area contributed by atoms with E-state index in [4.69, 9.17) is 4.98 Å². The molecule has 7 aromatic rings. The summed E-state index contributed by atoms with van der Waals surface area (Å²) in [6.07, 6.45) is 0.562. The highest BCUT2D eigenvalue weighted by molar-refractivity contribution is 6.05. The number of likely N-dealkylation sites (N-methyl/N-ethyl adjacent to an activating group) is 2. The highest BCUT2D eigenvalue weighted by atomic mass is 19.3. The van der Waals surface area contributed by atoms with Gasteiger partial charge in [0.25, 0.3) is 11.8 Å². The largest absolute Gasteiger partial charge is 0.340 e. The van der Waals surface area contributed by atoms with Crippen molar-refractivity contribution in [3.05, 3.63) is 144 Å². The van der Waals surface area contributed by atoms with Gasteiger partial charge in [0.15, 0.2) is 0 Å². The Hall–Kier alpha value is -6.38. The van der Waals surface area contributed by atoms with Crippen LogP contribution in [0.15, 0.2) is 121 Å². The third-order valence-corrected chi connectivity index (χ3v) is 13.4. The van der Waals surface area contributed by atoms with Crippen LogP contribution in [-0.2, 0) is 9.59 Å². The van der Waals surface area contributed by atoms with Crippen LogP contribution in [0.1, 0.15) is 87.5 Å². The third kappa shape index (κ3) is 8.59. The van der Waals surface area contributed by atoms with E-state index in [1.54, 1.807) is 6.20 Å². The van der Waals surface area contributed by atoms with Crippen molar-refractivity contribution in [2.75, 3.05) is 39.3 Å². The minimum atomic E-state index is -3.08. The average molecular weight is 899 g/mol. The number of halogens is 4. The number of rotatable bonds is 14. The lowest BCUT2D eigenvalue weighted by atomic mass is 9.99. The van der Waals surface area contributed by atoms with Gasteiger partial charge in [0.05, 0.1) is 48.1 Å². The molecule has 2 N–H and O–H groups in total. The second-order valence-corrected chi connectivity index (χ2v) is 17.4. The van der Waals surface area contributed by atoms with Crippen molar-refractivity contribution in [2.45, 2.75) is 76.5 Å². The van der Waals surface area contributed by atoms with Crippen LogP contribution in [0.5, 0.6) is 0 Å². The van der Waals surface area contributed by atoms with Gasteiger partial charge in [0.1, 0.15) is 23.7 Å². The Morgan fingerprint density at radius 1 is 0.636 bits per heavy atom. The van der Waals surface area contributed by atoms with Crippen molar-refractivity contribution in [2.24, 2.45) is 0 Å². The first-order valence-electron chi connectivity index (χ1n) is 22.8. The summed E-state index contributed by atoms with van der Waals surface area (Å²) in [5, 5.41) is 1.74. The van der Waals surface area contributed by atoms with Gasteiger partial charge < -0.3 is 19.8 Å². The molecule has 10 nitrogen and oxygen atoms in total. The molecule has 14 heteroatoms. The van der Waals surface area contributed by atoms with Crippen molar-refractivity contribution in [1.82, 2.24) is 39.5 Å². The number of aromatic amines is 2. The number of hydrogen-bond acceptors (Lipinski definition) is 6. The number of benzene rings is 5. The van der Waals surface area contributed by atoms with Gasteiger partial charge in [-0.2, -0.15) is 0 Å². The number of likely N-dealkylation sites (tertiary alicyclic amines) is 2. The Labute approximate surface area is 381 Å². The first-order valence-corrected chi connectivity index (χ1v) is 22.8. The van der Waals surface area contributed by atoms with Crippen molar-refractivity contribution in [3.8, 4) is 22.4 Å². The molecule has 9 rings (SSSR count). The van der Waals surface area contributed by atoms with Crippen LogP contribution in [0.2, 0.25) is 0 Å². The molecule has 66 heavy (non-hydrogen) atoms. The Kier molecular flexibility index (Phi) is 12.3. The zero-order valence-corrected chi connectivity index (χ0v) is 37.5. The summed E-state index contributed by atoms with van der Waals surface area (Å²) in [5.74, 6) is -6.26. The van der Waals surface area contributed by atoms with Crippen LogP contribution < -0.4 is 0 Å². The predicted molar refractivity (Wildman–Crippen MR) is 249 cm³/mol. The smallest absolute Gasteiger partial charge is 0.267 e. The second-order valence-electron chi connectivity index (χ2n) is 17.4. The fourth-order valence-corrected chi connectivity index (χ4v) is 10.0. The second kappa shape index (κ2) is 18.1. The van der Waals surface area contributed by atoms with Gasteiger partial charge in [0, 0.05) is 18.2 Å². The molecule has 0 aliphatic carbocycles.